The number of hydrogen-bond donors (Lipinski definition) is 4. The van der Waals surface area contributed by atoms with Crippen LogP contribution in [0.15, 0.2) is 35.2 Å². The predicted octanol–water partition coefficient (Wildman–Crippen LogP) is 2.84. The number of rotatable bonds is 6. The van der Waals surface area contributed by atoms with Crippen LogP contribution in [0.25, 0.3) is 0 Å². The highest BCUT2D eigenvalue weighted by Gasteiger charge is 2.44. The van der Waals surface area contributed by atoms with Crippen molar-refractivity contribution in [3.8, 4) is 0 Å². The summed E-state index contributed by atoms with van der Waals surface area (Å²) < 4.78 is 34.6. The van der Waals surface area contributed by atoms with Gasteiger partial charge in [0.1, 0.15) is 42.2 Å². The quantitative estimate of drug-likeness (QED) is 0.496. The Bertz CT molecular complexity index is 875. The molecule has 0 spiro atoms. The fraction of sp³-hybridized carbons (Fsp3) is 0.429. The Morgan fingerprint density at radius 1 is 1.03 bits per heavy atom. The van der Waals surface area contributed by atoms with Crippen LogP contribution in [0.1, 0.15) is 29.7 Å². The highest BCUT2D eigenvalue weighted by atomic mass is 35.5. The summed E-state index contributed by atoms with van der Waals surface area (Å²) in [6.07, 6.45) is -6.72. The Kier molecular flexibility index (Phi) is 7.73. The molecule has 0 aromatic heterocycles. The normalized spacial score (nSPS) is 26.7. The highest BCUT2D eigenvalue weighted by molar-refractivity contribution is 7.99. The van der Waals surface area contributed by atoms with E-state index in [1.54, 1.807) is 6.07 Å². The van der Waals surface area contributed by atoms with Gasteiger partial charge in [-0.15, -0.1) is 11.8 Å². The molecule has 1 saturated heterocycles. The lowest BCUT2D eigenvalue weighted by atomic mass is 9.90. The van der Waals surface area contributed by atoms with E-state index in [0.717, 1.165) is 0 Å². The second-order valence-corrected chi connectivity index (χ2v) is 8.82. The predicted molar refractivity (Wildman–Crippen MR) is 110 cm³/mol. The van der Waals surface area contributed by atoms with Crippen LogP contribution >= 0.6 is 23.4 Å². The van der Waals surface area contributed by atoms with Crippen molar-refractivity contribution in [2.24, 2.45) is 0 Å². The summed E-state index contributed by atoms with van der Waals surface area (Å²) in [7, 11) is 0. The lowest BCUT2D eigenvalue weighted by Gasteiger charge is -2.40. The molecule has 1 fully saturated rings. The molecule has 3 rings (SSSR count). The van der Waals surface area contributed by atoms with Gasteiger partial charge in [0.05, 0.1) is 6.61 Å². The van der Waals surface area contributed by atoms with Crippen LogP contribution in [0, 0.1) is 11.6 Å². The fourth-order valence-electron chi connectivity index (χ4n) is 3.47. The van der Waals surface area contributed by atoms with Crippen LogP contribution < -0.4 is 0 Å². The van der Waals surface area contributed by atoms with Crippen molar-refractivity contribution in [2.75, 3.05) is 12.4 Å². The van der Waals surface area contributed by atoms with E-state index < -0.39 is 48.8 Å². The maximum Gasteiger partial charge on any atom is 0.130 e. The molecule has 5 atom stereocenters. The molecule has 0 amide bonds. The zero-order chi connectivity index (χ0) is 22.0. The topological polar surface area (TPSA) is 90.2 Å². The van der Waals surface area contributed by atoms with Gasteiger partial charge in [-0.05, 0) is 35.1 Å². The molecule has 0 bridgehead atoms. The average molecular weight is 461 g/mol. The summed E-state index contributed by atoms with van der Waals surface area (Å²) in [6.45, 7) is 1.33. The summed E-state index contributed by atoms with van der Waals surface area (Å²) in [6, 6.07) is 7.14. The van der Waals surface area contributed by atoms with E-state index in [2.05, 4.69) is 0 Å². The van der Waals surface area contributed by atoms with Gasteiger partial charge in [-0.1, -0.05) is 30.7 Å². The van der Waals surface area contributed by atoms with Crippen LogP contribution in [-0.4, -0.2) is 57.2 Å². The minimum atomic E-state index is -1.53. The van der Waals surface area contributed by atoms with E-state index in [4.69, 9.17) is 16.3 Å². The standard InChI is InChI=1S/C21H23ClF2O5S/c1-2-30-12-7-15(23)13(16(24)8-12)6-11-5-10(3-4-14(11)22)21-20(28)19(27)18(26)17(9-25)29-21/h3-5,7-8,17-21,25-28H,2,6,9H2,1H3/t17-,18-,19+,20-,21+/m1/s1. The van der Waals surface area contributed by atoms with E-state index in [0.29, 0.717) is 21.8 Å². The van der Waals surface area contributed by atoms with Gasteiger partial charge in [0, 0.05) is 21.9 Å². The first kappa shape index (κ1) is 23.4. The molecule has 1 aliphatic heterocycles. The molecule has 1 heterocycles. The number of aliphatic hydroxyl groups is 4. The maximum atomic E-state index is 14.5. The zero-order valence-corrected chi connectivity index (χ0v) is 17.7. The number of halogens is 3. The molecule has 0 saturated carbocycles. The molecule has 1 aliphatic rings. The average Bonchev–Trinajstić information content (AvgIpc) is 2.71. The van der Waals surface area contributed by atoms with E-state index in [-0.39, 0.29) is 17.0 Å². The lowest BCUT2D eigenvalue weighted by Crippen LogP contribution is -2.55. The van der Waals surface area contributed by atoms with Crippen molar-refractivity contribution in [1.82, 2.24) is 0 Å². The molecule has 4 N–H and O–H groups in total. The first-order valence-corrected chi connectivity index (χ1v) is 10.8. The van der Waals surface area contributed by atoms with E-state index in [9.17, 15) is 29.2 Å². The van der Waals surface area contributed by atoms with Crippen LogP contribution in [-0.2, 0) is 11.2 Å². The van der Waals surface area contributed by atoms with Crippen LogP contribution in [0.3, 0.4) is 0 Å². The summed E-state index contributed by atoms with van der Waals surface area (Å²) in [5, 5.41) is 39.9. The molecule has 0 unspecified atom stereocenters. The summed E-state index contributed by atoms with van der Waals surface area (Å²) >= 11 is 7.56. The minimum absolute atomic E-state index is 0.126. The number of aliphatic hydroxyl groups excluding tert-OH is 4. The number of benzene rings is 2. The van der Waals surface area contributed by atoms with Crippen molar-refractivity contribution in [2.45, 2.75) is 48.8 Å². The smallest absolute Gasteiger partial charge is 0.130 e. The number of ether oxygens (including phenoxy) is 1. The second-order valence-electron chi connectivity index (χ2n) is 7.08. The Morgan fingerprint density at radius 3 is 2.30 bits per heavy atom. The molecular formula is C21H23ClF2O5S. The Hall–Kier alpha value is -1.26. The van der Waals surface area contributed by atoms with Gasteiger partial charge in [0.25, 0.3) is 0 Å². The van der Waals surface area contributed by atoms with Gasteiger partial charge in [-0.2, -0.15) is 0 Å². The van der Waals surface area contributed by atoms with Crippen LogP contribution in [0.4, 0.5) is 8.78 Å². The number of thioether (sulfide) groups is 1. The molecule has 30 heavy (non-hydrogen) atoms. The SMILES string of the molecule is CCSc1cc(F)c(Cc2cc([C@@H]3O[C@H](CO)[C@@H](O)[C@H](O)[C@H]3O)ccc2Cl)c(F)c1. The summed E-state index contributed by atoms with van der Waals surface area (Å²) in [5.41, 5.74) is 0.661. The third kappa shape index (κ3) is 4.80. The van der Waals surface area contributed by atoms with E-state index in [1.807, 2.05) is 6.92 Å². The van der Waals surface area contributed by atoms with Crippen molar-refractivity contribution in [3.63, 3.8) is 0 Å². The van der Waals surface area contributed by atoms with Gasteiger partial charge in [-0.25, -0.2) is 8.78 Å². The Balaban J connectivity index is 1.91. The van der Waals surface area contributed by atoms with Gasteiger partial charge < -0.3 is 25.2 Å². The molecule has 0 radical (unpaired) electrons. The second kappa shape index (κ2) is 9.91. The van der Waals surface area contributed by atoms with E-state index in [1.165, 1.54) is 36.0 Å². The lowest BCUT2D eigenvalue weighted by molar-refractivity contribution is -0.231. The van der Waals surface area contributed by atoms with Crippen LogP contribution in [0.5, 0.6) is 0 Å². The van der Waals surface area contributed by atoms with Crippen LogP contribution in [0.2, 0.25) is 5.02 Å². The first-order valence-electron chi connectivity index (χ1n) is 9.46. The molecule has 9 heteroatoms. The monoisotopic (exact) mass is 460 g/mol. The molecule has 0 aliphatic carbocycles. The molecule has 2 aromatic rings. The third-order valence-electron chi connectivity index (χ3n) is 5.08. The summed E-state index contributed by atoms with van der Waals surface area (Å²) in [4.78, 5) is 0.498. The van der Waals surface area contributed by atoms with Crippen molar-refractivity contribution in [3.05, 3.63) is 63.7 Å². The Labute approximate surface area is 182 Å². The maximum absolute atomic E-state index is 14.5. The molecular weight excluding hydrogens is 438 g/mol. The highest BCUT2D eigenvalue weighted by Crippen LogP contribution is 2.35. The fourth-order valence-corrected chi connectivity index (χ4v) is 4.36. The molecule has 2 aromatic carbocycles. The largest absolute Gasteiger partial charge is 0.394 e. The molecule has 164 valence electrons. The summed E-state index contributed by atoms with van der Waals surface area (Å²) in [5.74, 6) is -0.675. The van der Waals surface area contributed by atoms with E-state index >= 15 is 0 Å². The Morgan fingerprint density at radius 2 is 1.70 bits per heavy atom. The van der Waals surface area contributed by atoms with Gasteiger partial charge in [0.2, 0.25) is 0 Å². The van der Waals surface area contributed by atoms with Crippen molar-refractivity contribution in [1.29, 1.82) is 0 Å². The van der Waals surface area contributed by atoms with Gasteiger partial charge in [-0.3, -0.25) is 0 Å². The van der Waals surface area contributed by atoms with Crippen molar-refractivity contribution < 1.29 is 33.9 Å². The van der Waals surface area contributed by atoms with Gasteiger partial charge >= 0.3 is 0 Å². The van der Waals surface area contributed by atoms with Crippen molar-refractivity contribution >= 4 is 23.4 Å². The zero-order valence-electron chi connectivity index (χ0n) is 16.1. The first-order chi connectivity index (χ1) is 14.3. The number of hydrogen-bond acceptors (Lipinski definition) is 6. The third-order valence-corrected chi connectivity index (χ3v) is 6.31. The minimum Gasteiger partial charge on any atom is -0.394 e. The molecule has 5 nitrogen and oxygen atoms in total. The van der Waals surface area contributed by atoms with Gasteiger partial charge in [0.15, 0.2) is 0 Å².